The first-order chi connectivity index (χ1) is 11.8. The molecule has 0 radical (unpaired) electrons. The number of hydrogen-bond acceptors (Lipinski definition) is 7. The molecule has 3 rings (SSSR count). The Morgan fingerprint density at radius 1 is 0.920 bits per heavy atom. The van der Waals surface area contributed by atoms with Gasteiger partial charge in [-0.3, -0.25) is 0 Å². The van der Waals surface area contributed by atoms with Crippen molar-refractivity contribution in [3.05, 3.63) is 48.5 Å². The van der Waals surface area contributed by atoms with Crippen LogP contribution in [0.25, 0.3) is 0 Å². The lowest BCUT2D eigenvalue weighted by Crippen LogP contribution is -2.27. The van der Waals surface area contributed by atoms with E-state index in [9.17, 15) is 21.9 Å². The first-order valence-electron chi connectivity index (χ1n) is 7.20. The van der Waals surface area contributed by atoms with Gasteiger partial charge in [0.1, 0.15) is 16.4 Å². The van der Waals surface area contributed by atoms with Gasteiger partial charge in [-0.1, -0.05) is 0 Å². The fraction of sp³-hybridized carbons (Fsp3) is 0.200. The molecule has 0 unspecified atom stereocenters. The van der Waals surface area contributed by atoms with E-state index in [1.54, 1.807) is 0 Å². The van der Waals surface area contributed by atoms with Gasteiger partial charge in [-0.2, -0.15) is 12.7 Å². The van der Waals surface area contributed by atoms with Crippen molar-refractivity contribution >= 4 is 31.9 Å². The van der Waals surface area contributed by atoms with Gasteiger partial charge in [0.15, 0.2) is 0 Å². The number of benzene rings is 2. The summed E-state index contributed by atoms with van der Waals surface area (Å²) in [6.07, 6.45) is 0. The fourth-order valence-electron chi connectivity index (χ4n) is 2.19. The molecule has 2 aromatic carbocycles. The van der Waals surface area contributed by atoms with E-state index in [2.05, 4.69) is 0 Å². The number of sulfonamides is 1. The summed E-state index contributed by atoms with van der Waals surface area (Å²) < 4.78 is 55.5. The summed E-state index contributed by atoms with van der Waals surface area (Å²) in [7, 11) is -7.64. The zero-order chi connectivity index (χ0) is 18.1. The van der Waals surface area contributed by atoms with Gasteiger partial charge in [-0.15, -0.1) is 11.8 Å². The normalized spacial score (nSPS) is 16.0. The van der Waals surface area contributed by atoms with Gasteiger partial charge in [0.2, 0.25) is 10.0 Å². The van der Waals surface area contributed by atoms with Crippen molar-refractivity contribution in [3.8, 4) is 11.5 Å². The summed E-state index contributed by atoms with van der Waals surface area (Å²) >= 11 is 1.54. The lowest BCUT2D eigenvalue weighted by atomic mass is 10.3. The first kappa shape index (κ1) is 18.1. The van der Waals surface area contributed by atoms with E-state index in [0.29, 0.717) is 12.4 Å². The Labute approximate surface area is 150 Å². The van der Waals surface area contributed by atoms with E-state index in [0.717, 1.165) is 5.75 Å². The molecule has 1 heterocycles. The van der Waals surface area contributed by atoms with E-state index in [-0.39, 0.29) is 21.3 Å². The smallest absolute Gasteiger partial charge is 0.339 e. The molecule has 1 aliphatic heterocycles. The highest BCUT2D eigenvalue weighted by Crippen LogP contribution is 2.26. The van der Waals surface area contributed by atoms with Crippen LogP contribution in [-0.4, -0.2) is 44.4 Å². The van der Waals surface area contributed by atoms with Crippen molar-refractivity contribution in [1.82, 2.24) is 4.31 Å². The Hall–Kier alpha value is -1.75. The van der Waals surface area contributed by atoms with Crippen LogP contribution in [0.1, 0.15) is 0 Å². The number of hydrogen-bond donors (Lipinski definition) is 1. The number of phenolic OH excluding ortho intramolecular Hbond substituents is 1. The molecule has 0 saturated carbocycles. The predicted octanol–water partition coefficient (Wildman–Crippen LogP) is 1.85. The SMILES string of the molecule is O=S(=O)(Oc1ccc(S(=O)(=O)N2CCSC2)cc1)c1ccc(O)cc1. The topological polar surface area (TPSA) is 101 Å². The van der Waals surface area contributed by atoms with Crippen molar-refractivity contribution in [3.63, 3.8) is 0 Å². The minimum atomic E-state index is -4.07. The van der Waals surface area contributed by atoms with Crippen LogP contribution in [0, 0.1) is 0 Å². The molecule has 134 valence electrons. The van der Waals surface area contributed by atoms with Gasteiger partial charge in [-0.25, -0.2) is 8.42 Å². The summed E-state index contributed by atoms with van der Waals surface area (Å²) in [4.78, 5) is -0.0273. The zero-order valence-corrected chi connectivity index (χ0v) is 15.4. The van der Waals surface area contributed by atoms with E-state index in [4.69, 9.17) is 4.18 Å². The second-order valence-electron chi connectivity index (χ2n) is 5.22. The van der Waals surface area contributed by atoms with E-state index in [1.165, 1.54) is 64.6 Å². The molecule has 1 N–H and O–H groups in total. The van der Waals surface area contributed by atoms with Gasteiger partial charge < -0.3 is 9.29 Å². The fourth-order valence-corrected chi connectivity index (χ4v) is 5.94. The second kappa shape index (κ2) is 6.87. The second-order valence-corrected chi connectivity index (χ2v) is 9.78. The van der Waals surface area contributed by atoms with Crippen LogP contribution in [-0.2, 0) is 20.1 Å². The molecule has 1 saturated heterocycles. The highest BCUT2D eigenvalue weighted by atomic mass is 32.2. The maximum atomic E-state index is 12.4. The Morgan fingerprint density at radius 2 is 1.52 bits per heavy atom. The van der Waals surface area contributed by atoms with E-state index in [1.807, 2.05) is 0 Å². The summed E-state index contributed by atoms with van der Waals surface area (Å²) in [5.74, 6) is 1.11. The molecule has 1 aliphatic rings. The van der Waals surface area contributed by atoms with Crippen molar-refractivity contribution in [2.24, 2.45) is 0 Å². The van der Waals surface area contributed by atoms with Crippen LogP contribution in [0.2, 0.25) is 0 Å². The van der Waals surface area contributed by atoms with Crippen LogP contribution in [0.4, 0.5) is 0 Å². The zero-order valence-electron chi connectivity index (χ0n) is 12.9. The molecule has 25 heavy (non-hydrogen) atoms. The minimum absolute atomic E-state index is 0.00261. The minimum Gasteiger partial charge on any atom is -0.508 e. The summed E-state index contributed by atoms with van der Waals surface area (Å²) in [6.45, 7) is 0.459. The summed E-state index contributed by atoms with van der Waals surface area (Å²) in [5.41, 5.74) is 0. The number of thioether (sulfide) groups is 1. The van der Waals surface area contributed by atoms with Crippen LogP contribution >= 0.6 is 11.8 Å². The Morgan fingerprint density at radius 3 is 2.08 bits per heavy atom. The Bertz CT molecular complexity index is 947. The Kier molecular flexibility index (Phi) is 4.96. The number of aromatic hydroxyl groups is 1. The lowest BCUT2D eigenvalue weighted by molar-refractivity contribution is 0.473. The molecule has 0 spiro atoms. The third-order valence-corrected chi connectivity index (χ3v) is 7.76. The monoisotopic (exact) mass is 401 g/mol. The lowest BCUT2D eigenvalue weighted by Gasteiger charge is -2.15. The average molecular weight is 401 g/mol. The van der Waals surface area contributed by atoms with Crippen molar-refractivity contribution in [2.45, 2.75) is 9.79 Å². The van der Waals surface area contributed by atoms with Crippen LogP contribution in [0.3, 0.4) is 0 Å². The molecular weight excluding hydrogens is 386 g/mol. The molecule has 2 aromatic rings. The molecule has 7 nitrogen and oxygen atoms in total. The van der Waals surface area contributed by atoms with Crippen molar-refractivity contribution in [2.75, 3.05) is 18.2 Å². The largest absolute Gasteiger partial charge is 0.508 e. The number of nitrogens with zero attached hydrogens (tertiary/aromatic N) is 1. The molecule has 10 heteroatoms. The van der Waals surface area contributed by atoms with Crippen molar-refractivity contribution in [1.29, 1.82) is 0 Å². The van der Waals surface area contributed by atoms with Crippen LogP contribution in [0.5, 0.6) is 11.5 Å². The molecule has 0 aliphatic carbocycles. The van der Waals surface area contributed by atoms with Crippen molar-refractivity contribution < 1.29 is 26.1 Å². The van der Waals surface area contributed by atoms with Gasteiger partial charge >= 0.3 is 10.1 Å². The standard InChI is InChI=1S/C15H15NO6S3/c17-12-1-5-15(6-2-12)25(20,21)22-13-3-7-14(8-4-13)24(18,19)16-9-10-23-11-16/h1-8,17H,9-11H2. The number of rotatable bonds is 5. The predicted molar refractivity (Wildman–Crippen MR) is 93.6 cm³/mol. The Balaban J connectivity index is 1.79. The molecule has 0 atom stereocenters. The summed E-state index contributed by atoms with van der Waals surface area (Å²) in [5, 5.41) is 9.21. The first-order valence-corrected chi connectivity index (χ1v) is 11.2. The molecule has 0 bridgehead atoms. The van der Waals surface area contributed by atoms with E-state index >= 15 is 0 Å². The highest BCUT2D eigenvalue weighted by Gasteiger charge is 2.27. The maximum absolute atomic E-state index is 12.4. The van der Waals surface area contributed by atoms with E-state index < -0.39 is 20.1 Å². The molecule has 1 fully saturated rings. The third kappa shape index (κ3) is 3.92. The quantitative estimate of drug-likeness (QED) is 0.763. The van der Waals surface area contributed by atoms with Gasteiger partial charge in [0, 0.05) is 12.3 Å². The highest BCUT2D eigenvalue weighted by molar-refractivity contribution is 8.00. The average Bonchev–Trinajstić information content (AvgIpc) is 3.11. The molecule has 0 aromatic heterocycles. The summed E-state index contributed by atoms with van der Waals surface area (Å²) in [6, 6.07) is 10.1. The molecule has 0 amide bonds. The van der Waals surface area contributed by atoms with Gasteiger partial charge in [0.05, 0.1) is 10.8 Å². The van der Waals surface area contributed by atoms with Gasteiger partial charge in [0.25, 0.3) is 0 Å². The molecular formula is C15H15NO6S3. The number of phenols is 1. The van der Waals surface area contributed by atoms with Crippen LogP contribution in [0.15, 0.2) is 58.3 Å². The van der Waals surface area contributed by atoms with Gasteiger partial charge in [-0.05, 0) is 48.5 Å². The van der Waals surface area contributed by atoms with Crippen LogP contribution < -0.4 is 4.18 Å². The maximum Gasteiger partial charge on any atom is 0.339 e. The third-order valence-electron chi connectivity index (χ3n) is 3.51.